The van der Waals surface area contributed by atoms with E-state index >= 15 is 0 Å². The lowest BCUT2D eigenvalue weighted by molar-refractivity contribution is -0.136. The van der Waals surface area contributed by atoms with Crippen LogP contribution in [0.4, 0.5) is 4.39 Å². The summed E-state index contributed by atoms with van der Waals surface area (Å²) in [5.41, 5.74) is 1.46. The monoisotopic (exact) mass is 497 g/mol. The minimum Gasteiger partial charge on any atom is -0.472 e. The van der Waals surface area contributed by atoms with E-state index in [0.29, 0.717) is 24.2 Å². The van der Waals surface area contributed by atoms with Gasteiger partial charge in [0.15, 0.2) is 0 Å². The molecule has 2 heterocycles. The van der Waals surface area contributed by atoms with Gasteiger partial charge in [-0.2, -0.15) is 0 Å². The van der Waals surface area contributed by atoms with Crippen molar-refractivity contribution in [3.63, 3.8) is 0 Å². The summed E-state index contributed by atoms with van der Waals surface area (Å²) in [4.78, 5) is 34.5. The van der Waals surface area contributed by atoms with E-state index in [4.69, 9.17) is 4.74 Å². The van der Waals surface area contributed by atoms with Crippen molar-refractivity contribution in [2.24, 2.45) is 11.8 Å². The van der Waals surface area contributed by atoms with E-state index in [2.05, 4.69) is 4.98 Å². The van der Waals surface area contributed by atoms with Crippen LogP contribution < -0.4 is 4.74 Å². The molecule has 36 heavy (non-hydrogen) atoms. The van der Waals surface area contributed by atoms with E-state index < -0.39 is 12.1 Å². The summed E-state index contributed by atoms with van der Waals surface area (Å²) in [6.45, 7) is 4.33. The first-order chi connectivity index (χ1) is 17.3. The van der Waals surface area contributed by atoms with Gasteiger partial charge in [0.25, 0.3) is 5.91 Å². The number of ether oxygens (including phenoxy) is 1. The quantitative estimate of drug-likeness (QED) is 0.649. The molecule has 1 aromatic carbocycles. The smallest absolute Gasteiger partial charge is 0.259 e. The molecule has 0 radical (unpaired) electrons. The van der Waals surface area contributed by atoms with Crippen molar-refractivity contribution in [3.8, 4) is 17.0 Å². The highest BCUT2D eigenvalue weighted by Gasteiger charge is 2.35. The minimum absolute atomic E-state index is 0.0549. The molecule has 8 heteroatoms. The van der Waals surface area contributed by atoms with Gasteiger partial charge in [-0.1, -0.05) is 38.3 Å². The number of pyridine rings is 1. The molecule has 1 aromatic heterocycles. The number of hydrogen-bond acceptors (Lipinski definition) is 5. The summed E-state index contributed by atoms with van der Waals surface area (Å²) in [5, 5.41) is 9.86. The fraction of sp³-hybridized carbons (Fsp3) is 0.536. The van der Waals surface area contributed by atoms with Crippen molar-refractivity contribution in [2.45, 2.75) is 58.1 Å². The molecule has 0 saturated heterocycles. The summed E-state index contributed by atoms with van der Waals surface area (Å²) in [5.74, 6) is -0.405. The van der Waals surface area contributed by atoms with Gasteiger partial charge in [0.1, 0.15) is 17.5 Å². The zero-order valence-corrected chi connectivity index (χ0v) is 21.3. The topological polar surface area (TPSA) is 83.0 Å². The first-order valence-electron chi connectivity index (χ1n) is 12.9. The van der Waals surface area contributed by atoms with Crippen molar-refractivity contribution in [2.75, 3.05) is 26.7 Å². The Morgan fingerprint density at radius 1 is 1.25 bits per heavy atom. The third-order valence-corrected chi connectivity index (χ3v) is 7.46. The van der Waals surface area contributed by atoms with E-state index in [1.165, 1.54) is 18.6 Å². The molecule has 1 aliphatic heterocycles. The molecule has 7 nitrogen and oxygen atoms in total. The van der Waals surface area contributed by atoms with Crippen LogP contribution in [-0.2, 0) is 4.79 Å². The number of carbonyl (C=O) groups excluding carboxylic acids is 2. The van der Waals surface area contributed by atoms with Crippen molar-refractivity contribution in [1.82, 2.24) is 14.8 Å². The molecule has 194 valence electrons. The number of amides is 2. The molecule has 1 aliphatic carbocycles. The predicted molar refractivity (Wildman–Crippen MR) is 135 cm³/mol. The van der Waals surface area contributed by atoms with Crippen LogP contribution in [0.25, 0.3) is 11.1 Å². The van der Waals surface area contributed by atoms with E-state index in [1.54, 1.807) is 41.1 Å². The lowest BCUT2D eigenvalue weighted by Gasteiger charge is -2.38. The largest absolute Gasteiger partial charge is 0.472 e. The van der Waals surface area contributed by atoms with Gasteiger partial charge in [-0.25, -0.2) is 9.37 Å². The average Bonchev–Trinajstić information content (AvgIpc) is 2.90. The van der Waals surface area contributed by atoms with Crippen LogP contribution in [0.5, 0.6) is 5.88 Å². The number of fused-ring (bicyclic) bond motifs is 1. The molecular weight excluding hydrogens is 461 g/mol. The summed E-state index contributed by atoms with van der Waals surface area (Å²) in [6.07, 6.45) is 6.38. The van der Waals surface area contributed by atoms with Gasteiger partial charge >= 0.3 is 0 Å². The number of hydrogen-bond donors (Lipinski definition) is 1. The highest BCUT2D eigenvalue weighted by Crippen LogP contribution is 2.31. The third-order valence-electron chi connectivity index (χ3n) is 7.46. The Morgan fingerprint density at radius 2 is 2.00 bits per heavy atom. The fourth-order valence-corrected chi connectivity index (χ4v) is 5.17. The molecule has 0 spiro atoms. The van der Waals surface area contributed by atoms with Gasteiger partial charge in [0.2, 0.25) is 11.8 Å². The standard InChI is InChI=1S/C28H36FN3O4/c1-18-15-32(19(2)17-33)28(35)24-13-22(21-10-7-11-23(29)12-21)14-30-26(24)36-25(18)16-31(3)27(34)20-8-5-4-6-9-20/h7,10-14,18-20,25,33H,4-6,8-9,15-17H2,1-3H3/t18-,19-,25-/m0/s1. The van der Waals surface area contributed by atoms with Crippen molar-refractivity contribution in [1.29, 1.82) is 0 Å². The number of halogens is 1. The Morgan fingerprint density at radius 3 is 2.69 bits per heavy atom. The van der Waals surface area contributed by atoms with E-state index in [9.17, 15) is 19.1 Å². The van der Waals surface area contributed by atoms with Crippen LogP contribution in [0.3, 0.4) is 0 Å². The molecule has 3 atom stereocenters. The van der Waals surface area contributed by atoms with Crippen LogP contribution in [0.15, 0.2) is 36.5 Å². The lowest BCUT2D eigenvalue weighted by atomic mass is 9.88. The van der Waals surface area contributed by atoms with Gasteiger partial charge in [-0.05, 0) is 43.5 Å². The molecule has 2 aliphatic rings. The molecule has 1 N–H and O–H groups in total. The van der Waals surface area contributed by atoms with Crippen LogP contribution >= 0.6 is 0 Å². The van der Waals surface area contributed by atoms with Gasteiger partial charge in [-0.15, -0.1) is 0 Å². The number of aliphatic hydroxyl groups is 1. The molecule has 0 unspecified atom stereocenters. The Kier molecular flexibility index (Phi) is 8.24. The molecule has 4 rings (SSSR count). The van der Waals surface area contributed by atoms with Crippen LogP contribution in [0.2, 0.25) is 0 Å². The van der Waals surface area contributed by atoms with Crippen LogP contribution in [0.1, 0.15) is 56.3 Å². The molecule has 1 saturated carbocycles. The normalized spacial score (nSPS) is 21.7. The Hall–Kier alpha value is -3.00. The highest BCUT2D eigenvalue weighted by molar-refractivity contribution is 5.98. The number of aromatic nitrogens is 1. The first-order valence-corrected chi connectivity index (χ1v) is 12.9. The second-order valence-electron chi connectivity index (χ2n) is 10.3. The van der Waals surface area contributed by atoms with Crippen LogP contribution in [0, 0.1) is 17.7 Å². The second kappa shape index (κ2) is 11.4. The van der Waals surface area contributed by atoms with Crippen LogP contribution in [-0.4, -0.2) is 70.6 Å². The maximum absolute atomic E-state index is 13.8. The molecule has 2 amide bonds. The lowest BCUT2D eigenvalue weighted by Crippen LogP contribution is -2.51. The number of aliphatic hydroxyl groups excluding tert-OH is 1. The van der Waals surface area contributed by atoms with Gasteiger partial charge in [0.05, 0.1) is 19.2 Å². The zero-order chi connectivity index (χ0) is 25.8. The number of nitrogens with zero attached hydrogens (tertiary/aromatic N) is 3. The highest BCUT2D eigenvalue weighted by atomic mass is 19.1. The zero-order valence-electron chi connectivity index (χ0n) is 21.3. The summed E-state index contributed by atoms with van der Waals surface area (Å²) in [6, 6.07) is 7.37. The number of rotatable bonds is 6. The average molecular weight is 498 g/mol. The van der Waals surface area contributed by atoms with Gasteiger partial charge < -0.3 is 19.6 Å². The number of likely N-dealkylation sites (N-methyl/N-ethyl adjacent to an activating group) is 1. The Balaban J connectivity index is 1.65. The third kappa shape index (κ3) is 5.69. The molecule has 0 bridgehead atoms. The summed E-state index contributed by atoms with van der Waals surface area (Å²) >= 11 is 0. The molecular formula is C28H36FN3O4. The molecule has 2 aromatic rings. The van der Waals surface area contributed by atoms with Gasteiger partial charge in [0, 0.05) is 37.2 Å². The van der Waals surface area contributed by atoms with Crippen molar-refractivity contribution < 1.29 is 23.8 Å². The number of benzene rings is 1. The van der Waals surface area contributed by atoms with E-state index in [-0.39, 0.29) is 47.5 Å². The maximum atomic E-state index is 13.8. The van der Waals surface area contributed by atoms with Crippen molar-refractivity contribution in [3.05, 3.63) is 47.9 Å². The van der Waals surface area contributed by atoms with E-state index in [0.717, 1.165) is 25.7 Å². The van der Waals surface area contributed by atoms with E-state index in [1.807, 2.05) is 14.0 Å². The number of carbonyl (C=O) groups is 2. The SMILES string of the molecule is C[C@H]1CN([C@@H](C)CO)C(=O)c2cc(-c3cccc(F)c3)cnc2O[C@H]1CN(C)C(=O)C1CCCCC1. The maximum Gasteiger partial charge on any atom is 0.259 e. The summed E-state index contributed by atoms with van der Waals surface area (Å²) < 4.78 is 20.2. The second-order valence-corrected chi connectivity index (χ2v) is 10.3. The molecule has 1 fully saturated rings. The Bertz CT molecular complexity index is 1090. The summed E-state index contributed by atoms with van der Waals surface area (Å²) in [7, 11) is 1.81. The fourth-order valence-electron chi connectivity index (χ4n) is 5.17. The Labute approximate surface area is 212 Å². The van der Waals surface area contributed by atoms with Gasteiger partial charge in [-0.3, -0.25) is 9.59 Å². The minimum atomic E-state index is -0.411. The first kappa shape index (κ1) is 26.1. The predicted octanol–water partition coefficient (Wildman–Crippen LogP) is 4.15. The van der Waals surface area contributed by atoms with Crippen molar-refractivity contribution >= 4 is 11.8 Å².